The number of hydrogen-bond donors (Lipinski definition) is 2. The van der Waals surface area contributed by atoms with E-state index in [1.54, 1.807) is 19.2 Å². The van der Waals surface area contributed by atoms with Gasteiger partial charge in [0.25, 0.3) is 0 Å². The molecule has 1 aliphatic rings. The molecule has 226 valence electrons. The first kappa shape index (κ1) is 30.6. The molecule has 0 spiro atoms. The van der Waals surface area contributed by atoms with Crippen LogP contribution in [0, 0.1) is 24.2 Å². The molecule has 5 rings (SSSR count). The summed E-state index contributed by atoms with van der Waals surface area (Å²) in [4.78, 5) is 12.1. The van der Waals surface area contributed by atoms with E-state index >= 15 is 0 Å². The normalized spacial score (nSPS) is 15.5. The summed E-state index contributed by atoms with van der Waals surface area (Å²) in [7, 11) is 1.70. The Balaban J connectivity index is 1.27. The lowest BCUT2D eigenvalue weighted by Crippen LogP contribution is -2.39. The fourth-order valence-electron chi connectivity index (χ4n) is 5.72. The number of thiophene rings is 1. The Hall–Kier alpha value is -3.88. The van der Waals surface area contributed by atoms with Gasteiger partial charge in [0.05, 0.1) is 11.8 Å². The number of likely N-dealkylation sites (tertiary alicyclic amines) is 1. The smallest absolute Gasteiger partial charge is 0.367 e. The molecule has 0 bridgehead atoms. The van der Waals surface area contributed by atoms with Gasteiger partial charge in [-0.05, 0) is 55.0 Å². The SMILES string of the molecule is C=CC(=C)C(C)Cn1c(C#N)cc2c(C)c(CN3CCC(Nc4nc(NC)nc5sc(CC(F)(F)F)cc45)CC3)ccc21. The second-order valence-electron chi connectivity index (χ2n) is 11.3. The number of hydrogen-bond acceptors (Lipinski definition) is 7. The molecule has 2 N–H and O–H groups in total. The lowest BCUT2D eigenvalue weighted by Gasteiger charge is -2.33. The van der Waals surface area contributed by atoms with Gasteiger partial charge in [-0.1, -0.05) is 37.8 Å². The topological polar surface area (TPSA) is 81.8 Å². The summed E-state index contributed by atoms with van der Waals surface area (Å²) >= 11 is 1.06. The minimum Gasteiger partial charge on any atom is -0.367 e. The Morgan fingerprint density at radius 1 is 1.23 bits per heavy atom. The van der Waals surface area contributed by atoms with Crippen molar-refractivity contribution < 1.29 is 13.2 Å². The molecule has 0 amide bonds. The van der Waals surface area contributed by atoms with Crippen molar-refractivity contribution in [2.24, 2.45) is 5.92 Å². The van der Waals surface area contributed by atoms with Crippen LogP contribution < -0.4 is 10.6 Å². The minimum atomic E-state index is -4.27. The molecule has 11 heteroatoms. The highest BCUT2D eigenvalue weighted by Crippen LogP contribution is 2.35. The fourth-order valence-corrected chi connectivity index (χ4v) is 6.78. The van der Waals surface area contributed by atoms with Gasteiger partial charge < -0.3 is 15.2 Å². The molecule has 3 aromatic heterocycles. The number of anilines is 2. The van der Waals surface area contributed by atoms with Crippen LogP contribution in [0.5, 0.6) is 0 Å². The van der Waals surface area contributed by atoms with Crippen molar-refractivity contribution in [3.05, 3.63) is 70.8 Å². The van der Waals surface area contributed by atoms with Crippen LogP contribution in [0.2, 0.25) is 0 Å². The Bertz CT molecular complexity index is 1700. The van der Waals surface area contributed by atoms with Crippen molar-refractivity contribution >= 4 is 44.2 Å². The number of aromatic nitrogens is 3. The highest BCUT2D eigenvalue weighted by Gasteiger charge is 2.29. The molecule has 4 heterocycles. The van der Waals surface area contributed by atoms with Crippen molar-refractivity contribution in [2.45, 2.75) is 58.4 Å². The van der Waals surface area contributed by atoms with E-state index in [2.05, 4.69) is 75.3 Å². The molecule has 43 heavy (non-hydrogen) atoms. The molecule has 4 aromatic rings. The number of halogens is 3. The van der Waals surface area contributed by atoms with Crippen LogP contribution in [0.4, 0.5) is 24.9 Å². The van der Waals surface area contributed by atoms with E-state index in [0.717, 1.165) is 60.3 Å². The molecule has 0 saturated carbocycles. The molecular formula is C32H36F3N7S. The summed E-state index contributed by atoms with van der Waals surface area (Å²) in [5.74, 6) is 1.12. The number of alkyl halides is 3. The predicted molar refractivity (Wildman–Crippen MR) is 169 cm³/mol. The number of nitrogens with zero attached hydrogens (tertiary/aromatic N) is 5. The molecule has 0 aliphatic carbocycles. The van der Waals surface area contributed by atoms with Gasteiger partial charge in [0.15, 0.2) is 0 Å². The molecule has 1 saturated heterocycles. The summed E-state index contributed by atoms with van der Waals surface area (Å²) in [6.07, 6.45) is -1.72. The molecule has 7 nitrogen and oxygen atoms in total. The zero-order valence-corrected chi connectivity index (χ0v) is 25.5. The van der Waals surface area contributed by atoms with Crippen molar-refractivity contribution in [1.82, 2.24) is 19.4 Å². The number of nitrogens with one attached hydrogen (secondary N) is 2. The standard InChI is InChI=1S/C32H36F3N7S/c1-6-19(2)20(3)17-42-24(16-36)13-26-21(4)22(7-8-28(26)42)18-41-11-9-23(10-12-41)38-29-27-14-25(15-32(33,34)35)43-30(27)40-31(37-5)39-29/h6-8,13-14,20,23H,1-2,9-12,15,17-18H2,3-5H3,(H2,37,38,39,40). The summed E-state index contributed by atoms with van der Waals surface area (Å²) in [5, 5.41) is 18.0. The molecule has 1 aliphatic heterocycles. The van der Waals surface area contributed by atoms with Crippen LogP contribution in [0.3, 0.4) is 0 Å². The summed E-state index contributed by atoms with van der Waals surface area (Å²) in [5.41, 5.74) is 5.05. The molecular weight excluding hydrogens is 571 g/mol. The number of rotatable bonds is 10. The number of allylic oxidation sites excluding steroid dienone is 2. The van der Waals surface area contributed by atoms with Gasteiger partial charge in [0, 0.05) is 55.0 Å². The van der Waals surface area contributed by atoms with Crippen LogP contribution >= 0.6 is 11.3 Å². The third-order valence-electron chi connectivity index (χ3n) is 8.30. The average molecular weight is 608 g/mol. The van der Waals surface area contributed by atoms with E-state index in [4.69, 9.17) is 0 Å². The number of benzene rings is 1. The van der Waals surface area contributed by atoms with Crippen molar-refractivity contribution in [1.29, 1.82) is 5.26 Å². The molecule has 0 radical (unpaired) electrons. The van der Waals surface area contributed by atoms with Crippen LogP contribution in [0.15, 0.2) is 49.1 Å². The summed E-state index contributed by atoms with van der Waals surface area (Å²) in [6, 6.07) is 10.3. The van der Waals surface area contributed by atoms with E-state index in [0.29, 0.717) is 34.2 Å². The van der Waals surface area contributed by atoms with Gasteiger partial charge in [-0.25, -0.2) is 4.98 Å². The quantitative estimate of drug-likeness (QED) is 0.183. The largest absolute Gasteiger partial charge is 0.393 e. The highest BCUT2D eigenvalue weighted by atomic mass is 32.1. The monoisotopic (exact) mass is 607 g/mol. The first-order chi connectivity index (χ1) is 20.5. The maximum absolute atomic E-state index is 13.0. The Labute approximate surface area is 253 Å². The van der Waals surface area contributed by atoms with Crippen LogP contribution in [-0.2, 0) is 19.5 Å². The second kappa shape index (κ2) is 12.4. The maximum Gasteiger partial charge on any atom is 0.393 e. The second-order valence-corrected chi connectivity index (χ2v) is 12.4. The molecule has 1 fully saturated rings. The number of aryl methyl sites for hydroxylation is 1. The lowest BCUT2D eigenvalue weighted by molar-refractivity contribution is -0.126. The Morgan fingerprint density at radius 2 is 1.98 bits per heavy atom. The van der Waals surface area contributed by atoms with Gasteiger partial charge in [0.2, 0.25) is 5.95 Å². The van der Waals surface area contributed by atoms with E-state index in [9.17, 15) is 18.4 Å². The van der Waals surface area contributed by atoms with Crippen LogP contribution in [0.1, 0.15) is 41.5 Å². The number of piperidine rings is 1. The van der Waals surface area contributed by atoms with Crippen molar-refractivity contribution in [3.8, 4) is 6.07 Å². The Morgan fingerprint density at radius 3 is 2.63 bits per heavy atom. The fraction of sp³-hybridized carbons (Fsp3) is 0.406. The Kier molecular flexibility index (Phi) is 8.81. The maximum atomic E-state index is 13.0. The third kappa shape index (κ3) is 6.71. The van der Waals surface area contributed by atoms with Crippen molar-refractivity contribution in [3.63, 3.8) is 0 Å². The van der Waals surface area contributed by atoms with Crippen LogP contribution in [0.25, 0.3) is 21.1 Å². The van der Waals surface area contributed by atoms with Gasteiger partial charge in [-0.3, -0.25) is 4.90 Å². The van der Waals surface area contributed by atoms with Gasteiger partial charge in [-0.15, -0.1) is 11.3 Å². The predicted octanol–water partition coefficient (Wildman–Crippen LogP) is 7.43. The average Bonchev–Trinajstić information content (AvgIpc) is 3.54. The number of nitriles is 1. The summed E-state index contributed by atoms with van der Waals surface area (Å²) in [6.45, 7) is 15.3. The molecule has 1 aromatic carbocycles. The third-order valence-corrected chi connectivity index (χ3v) is 9.33. The first-order valence-corrected chi connectivity index (χ1v) is 15.2. The van der Waals surface area contributed by atoms with Crippen LogP contribution in [-0.4, -0.2) is 51.8 Å². The number of fused-ring (bicyclic) bond motifs is 2. The first-order valence-electron chi connectivity index (χ1n) is 14.4. The van der Waals surface area contributed by atoms with Gasteiger partial charge >= 0.3 is 6.18 Å². The molecule has 1 atom stereocenters. The zero-order valence-electron chi connectivity index (χ0n) is 24.7. The van der Waals surface area contributed by atoms with E-state index in [1.807, 2.05) is 6.07 Å². The highest BCUT2D eigenvalue weighted by molar-refractivity contribution is 7.18. The van der Waals surface area contributed by atoms with E-state index < -0.39 is 12.6 Å². The van der Waals surface area contributed by atoms with Gasteiger partial charge in [0.1, 0.15) is 22.4 Å². The zero-order chi connectivity index (χ0) is 30.9. The molecule has 1 unspecified atom stereocenters. The summed E-state index contributed by atoms with van der Waals surface area (Å²) < 4.78 is 41.1. The van der Waals surface area contributed by atoms with Crippen molar-refractivity contribution in [2.75, 3.05) is 30.8 Å². The van der Waals surface area contributed by atoms with Gasteiger partial charge in [-0.2, -0.15) is 23.4 Å². The lowest BCUT2D eigenvalue weighted by atomic mass is 10.0. The minimum absolute atomic E-state index is 0.146. The van der Waals surface area contributed by atoms with E-state index in [-0.39, 0.29) is 16.8 Å². The van der Waals surface area contributed by atoms with E-state index in [1.165, 1.54) is 11.1 Å².